The number of carbonyl (C=O) groups is 1. The lowest BCUT2D eigenvalue weighted by atomic mass is 10.1. The lowest BCUT2D eigenvalue weighted by molar-refractivity contribution is 0.0950. The number of carbonyl (C=O) groups excluding carboxylic acids is 1. The Morgan fingerprint density at radius 3 is 2.75 bits per heavy atom. The number of aromatic amines is 1. The first kappa shape index (κ1) is 19.7. The third-order valence-corrected chi connectivity index (χ3v) is 4.58. The minimum Gasteiger partial charge on any atom is -0.442 e. The SMILES string of the molecule is CCNc1cc(Cl)cc(C(=O)NCc2c(-c3cnco3)[nH]c(C)cc2=O)c1C. The zero-order valence-electron chi connectivity index (χ0n) is 15.9. The van der Waals surface area contributed by atoms with Crippen LogP contribution in [-0.2, 0) is 6.54 Å². The summed E-state index contributed by atoms with van der Waals surface area (Å²) < 4.78 is 5.32. The van der Waals surface area contributed by atoms with E-state index in [4.69, 9.17) is 16.0 Å². The number of hydrogen-bond donors (Lipinski definition) is 3. The highest BCUT2D eigenvalue weighted by Crippen LogP contribution is 2.25. The largest absolute Gasteiger partial charge is 0.442 e. The van der Waals surface area contributed by atoms with Crippen LogP contribution in [0.3, 0.4) is 0 Å². The van der Waals surface area contributed by atoms with Crippen molar-refractivity contribution in [1.29, 1.82) is 0 Å². The van der Waals surface area contributed by atoms with E-state index in [0.29, 0.717) is 39.8 Å². The summed E-state index contributed by atoms with van der Waals surface area (Å²) in [4.78, 5) is 32.3. The molecule has 1 amide bonds. The molecular weight excluding hydrogens is 380 g/mol. The molecule has 3 aromatic rings. The first-order valence-electron chi connectivity index (χ1n) is 8.84. The van der Waals surface area contributed by atoms with Crippen LogP contribution in [0.5, 0.6) is 0 Å². The summed E-state index contributed by atoms with van der Waals surface area (Å²) in [7, 11) is 0. The Labute approximate surface area is 167 Å². The van der Waals surface area contributed by atoms with Crippen molar-refractivity contribution in [2.75, 3.05) is 11.9 Å². The monoisotopic (exact) mass is 400 g/mol. The molecule has 0 aliphatic heterocycles. The van der Waals surface area contributed by atoms with Crippen LogP contribution in [0.2, 0.25) is 5.02 Å². The van der Waals surface area contributed by atoms with Crippen molar-refractivity contribution in [2.24, 2.45) is 0 Å². The van der Waals surface area contributed by atoms with Crippen molar-refractivity contribution in [3.8, 4) is 11.5 Å². The number of aryl methyl sites for hydroxylation is 1. The van der Waals surface area contributed by atoms with Gasteiger partial charge >= 0.3 is 0 Å². The number of rotatable bonds is 6. The van der Waals surface area contributed by atoms with Gasteiger partial charge in [0.15, 0.2) is 17.6 Å². The number of hydrogen-bond acceptors (Lipinski definition) is 5. The van der Waals surface area contributed by atoms with E-state index in [1.165, 1.54) is 18.7 Å². The van der Waals surface area contributed by atoms with Gasteiger partial charge in [-0.3, -0.25) is 9.59 Å². The van der Waals surface area contributed by atoms with E-state index >= 15 is 0 Å². The highest BCUT2D eigenvalue weighted by Gasteiger charge is 2.17. The first-order valence-corrected chi connectivity index (χ1v) is 9.22. The van der Waals surface area contributed by atoms with Crippen molar-refractivity contribution in [1.82, 2.24) is 15.3 Å². The minimum atomic E-state index is -0.317. The van der Waals surface area contributed by atoms with Crippen LogP contribution < -0.4 is 16.1 Å². The molecule has 0 aliphatic carbocycles. The zero-order chi connectivity index (χ0) is 20.3. The third-order valence-electron chi connectivity index (χ3n) is 4.36. The summed E-state index contributed by atoms with van der Waals surface area (Å²) in [6.07, 6.45) is 2.80. The van der Waals surface area contributed by atoms with Crippen LogP contribution in [0.1, 0.15) is 34.1 Å². The molecule has 0 radical (unpaired) electrons. The van der Waals surface area contributed by atoms with E-state index < -0.39 is 0 Å². The average Bonchev–Trinajstić information content (AvgIpc) is 3.17. The van der Waals surface area contributed by atoms with Gasteiger partial charge in [0.05, 0.1) is 11.9 Å². The fraction of sp³-hybridized carbons (Fsp3) is 0.250. The van der Waals surface area contributed by atoms with Gasteiger partial charge in [-0.2, -0.15) is 0 Å². The fourth-order valence-electron chi connectivity index (χ4n) is 2.99. The fourth-order valence-corrected chi connectivity index (χ4v) is 3.21. The van der Waals surface area contributed by atoms with Crippen molar-refractivity contribution in [3.05, 3.63) is 68.4 Å². The van der Waals surface area contributed by atoms with Gasteiger partial charge in [0.2, 0.25) is 0 Å². The number of amides is 1. The van der Waals surface area contributed by atoms with Crippen LogP contribution in [0, 0.1) is 13.8 Å². The molecule has 0 unspecified atom stereocenters. The molecule has 0 bridgehead atoms. The molecule has 3 N–H and O–H groups in total. The van der Waals surface area contributed by atoms with Crippen LogP contribution in [0.25, 0.3) is 11.5 Å². The van der Waals surface area contributed by atoms with Crippen molar-refractivity contribution < 1.29 is 9.21 Å². The summed E-state index contributed by atoms with van der Waals surface area (Å²) in [5, 5.41) is 6.46. The van der Waals surface area contributed by atoms with Gasteiger partial charge in [0.1, 0.15) is 0 Å². The first-order chi connectivity index (χ1) is 13.4. The number of anilines is 1. The molecule has 0 saturated carbocycles. The van der Waals surface area contributed by atoms with Gasteiger partial charge in [-0.15, -0.1) is 0 Å². The molecule has 2 heterocycles. The Bertz CT molecular complexity index is 1060. The van der Waals surface area contributed by atoms with Crippen molar-refractivity contribution in [3.63, 3.8) is 0 Å². The number of aromatic nitrogens is 2. The van der Waals surface area contributed by atoms with Gasteiger partial charge in [-0.1, -0.05) is 11.6 Å². The minimum absolute atomic E-state index is 0.0347. The second-order valence-electron chi connectivity index (χ2n) is 6.37. The molecule has 0 spiro atoms. The summed E-state index contributed by atoms with van der Waals surface area (Å²) >= 11 is 6.16. The maximum Gasteiger partial charge on any atom is 0.251 e. The Balaban J connectivity index is 1.90. The highest BCUT2D eigenvalue weighted by molar-refractivity contribution is 6.31. The van der Waals surface area contributed by atoms with Crippen LogP contribution in [0.4, 0.5) is 5.69 Å². The van der Waals surface area contributed by atoms with E-state index in [1.807, 2.05) is 13.8 Å². The number of nitrogens with zero attached hydrogens (tertiary/aromatic N) is 1. The Hall–Kier alpha value is -3.06. The molecule has 146 valence electrons. The maximum atomic E-state index is 12.8. The molecule has 3 rings (SSSR count). The van der Waals surface area contributed by atoms with Gasteiger partial charge in [0, 0.05) is 46.7 Å². The molecule has 0 saturated heterocycles. The molecule has 0 fully saturated rings. The van der Waals surface area contributed by atoms with E-state index in [0.717, 1.165) is 11.3 Å². The molecule has 0 atom stereocenters. The lowest BCUT2D eigenvalue weighted by Gasteiger charge is -2.14. The number of H-pyrrole nitrogens is 1. The van der Waals surface area contributed by atoms with E-state index in [-0.39, 0.29) is 17.9 Å². The van der Waals surface area contributed by atoms with E-state index in [1.54, 1.807) is 19.1 Å². The summed E-state index contributed by atoms with van der Waals surface area (Å²) in [5.74, 6) is 0.112. The third kappa shape index (κ3) is 4.09. The maximum absolute atomic E-state index is 12.8. The van der Waals surface area contributed by atoms with Gasteiger partial charge in [-0.05, 0) is 38.5 Å². The molecule has 7 nitrogen and oxygen atoms in total. The number of oxazole rings is 1. The number of benzene rings is 1. The van der Waals surface area contributed by atoms with Crippen LogP contribution in [-0.4, -0.2) is 22.4 Å². The van der Waals surface area contributed by atoms with E-state index in [2.05, 4.69) is 20.6 Å². The van der Waals surface area contributed by atoms with Gasteiger partial charge in [0.25, 0.3) is 5.91 Å². The molecule has 8 heteroatoms. The van der Waals surface area contributed by atoms with Crippen LogP contribution in [0.15, 0.2) is 40.0 Å². The normalized spacial score (nSPS) is 10.7. The summed E-state index contributed by atoms with van der Waals surface area (Å²) in [6, 6.07) is 4.88. The second-order valence-corrected chi connectivity index (χ2v) is 6.81. The quantitative estimate of drug-likeness (QED) is 0.586. The van der Waals surface area contributed by atoms with Crippen LogP contribution >= 0.6 is 11.6 Å². The molecule has 28 heavy (non-hydrogen) atoms. The molecule has 0 aliphatic rings. The number of halogens is 1. The predicted molar refractivity (Wildman–Crippen MR) is 109 cm³/mol. The highest BCUT2D eigenvalue weighted by atomic mass is 35.5. The smallest absolute Gasteiger partial charge is 0.251 e. The Morgan fingerprint density at radius 1 is 1.29 bits per heavy atom. The topological polar surface area (TPSA) is 100 Å². The molecular formula is C20H21ClN4O3. The number of nitrogens with one attached hydrogen (secondary N) is 3. The Morgan fingerprint density at radius 2 is 2.07 bits per heavy atom. The summed E-state index contributed by atoms with van der Waals surface area (Å²) in [6.45, 7) is 6.34. The molecule has 1 aromatic carbocycles. The molecule has 2 aromatic heterocycles. The van der Waals surface area contributed by atoms with Crippen molar-refractivity contribution in [2.45, 2.75) is 27.3 Å². The predicted octanol–water partition coefficient (Wildman–Crippen LogP) is 3.66. The standard InChI is InChI=1S/C20H21ClN4O3/c1-4-23-16-7-13(21)6-14(12(16)3)20(27)24-8-15-17(26)5-11(2)25-19(15)18-9-22-10-28-18/h5-7,9-10,23H,4,8H2,1-3H3,(H,24,27)(H,25,26). The van der Waals surface area contributed by atoms with Gasteiger partial charge in [-0.25, -0.2) is 4.98 Å². The lowest BCUT2D eigenvalue weighted by Crippen LogP contribution is -2.27. The van der Waals surface area contributed by atoms with Crippen molar-refractivity contribution >= 4 is 23.2 Å². The zero-order valence-corrected chi connectivity index (χ0v) is 16.6. The number of pyridine rings is 1. The van der Waals surface area contributed by atoms with E-state index in [9.17, 15) is 9.59 Å². The van der Waals surface area contributed by atoms with Gasteiger partial charge < -0.3 is 20.0 Å². The Kier molecular flexibility index (Phi) is 5.84. The average molecular weight is 401 g/mol. The second kappa shape index (κ2) is 8.31. The summed E-state index contributed by atoms with van der Waals surface area (Å²) in [5.41, 5.74) is 3.42.